The minimum Gasteiger partial charge on any atom is -0.389 e. The Hall–Kier alpha value is -1.19. The van der Waals surface area contributed by atoms with Crippen LogP contribution >= 0.6 is 11.3 Å². The zero-order valence-electron chi connectivity index (χ0n) is 8.82. The number of thiazole rings is 1. The highest BCUT2D eigenvalue weighted by Crippen LogP contribution is 2.27. The summed E-state index contributed by atoms with van der Waals surface area (Å²) < 4.78 is 0. The maximum Gasteiger partial charge on any atom is 0.119 e. The van der Waals surface area contributed by atoms with Crippen LogP contribution in [0.4, 0.5) is 0 Å². The highest BCUT2D eigenvalue weighted by Gasteiger charge is 2.08. The number of nitrogens with zero attached hydrogens (tertiary/aromatic N) is 1. The van der Waals surface area contributed by atoms with Crippen LogP contribution in [0.5, 0.6) is 0 Å². The minimum absolute atomic E-state index is 0.0251. The van der Waals surface area contributed by atoms with E-state index in [4.69, 9.17) is 5.11 Å². The van der Waals surface area contributed by atoms with E-state index >= 15 is 0 Å². The van der Waals surface area contributed by atoms with Crippen LogP contribution in [0.25, 0.3) is 11.3 Å². The van der Waals surface area contributed by atoms with Gasteiger partial charge < -0.3 is 5.11 Å². The summed E-state index contributed by atoms with van der Waals surface area (Å²) in [6, 6.07) is 8.26. The lowest BCUT2D eigenvalue weighted by Crippen LogP contribution is -1.84. The van der Waals surface area contributed by atoms with Gasteiger partial charge in [-0.05, 0) is 19.9 Å². The van der Waals surface area contributed by atoms with E-state index in [1.165, 1.54) is 5.56 Å². The molecule has 0 radical (unpaired) electrons. The fourth-order valence-corrected chi connectivity index (χ4v) is 2.39. The van der Waals surface area contributed by atoms with Gasteiger partial charge >= 0.3 is 0 Å². The number of hydrogen-bond acceptors (Lipinski definition) is 3. The van der Waals surface area contributed by atoms with Crippen molar-refractivity contribution in [2.75, 3.05) is 0 Å². The predicted octanol–water partition coefficient (Wildman–Crippen LogP) is 2.92. The summed E-state index contributed by atoms with van der Waals surface area (Å²) in [7, 11) is 0. The maximum atomic E-state index is 9.02. The van der Waals surface area contributed by atoms with Crippen molar-refractivity contribution in [2.24, 2.45) is 0 Å². The van der Waals surface area contributed by atoms with Crippen LogP contribution in [0, 0.1) is 13.8 Å². The molecule has 0 bridgehead atoms. The Morgan fingerprint density at radius 3 is 2.73 bits per heavy atom. The van der Waals surface area contributed by atoms with Crippen molar-refractivity contribution in [3.8, 4) is 11.3 Å². The molecule has 0 saturated carbocycles. The Kier molecular flexibility index (Phi) is 2.84. The van der Waals surface area contributed by atoms with Crippen LogP contribution in [0.3, 0.4) is 0 Å². The molecule has 2 nitrogen and oxygen atoms in total. The first kappa shape index (κ1) is 10.3. The fraction of sp³-hybridized carbons (Fsp3) is 0.250. The van der Waals surface area contributed by atoms with E-state index in [-0.39, 0.29) is 6.61 Å². The van der Waals surface area contributed by atoms with Crippen LogP contribution in [0.1, 0.15) is 15.4 Å². The normalized spacial score (nSPS) is 10.6. The van der Waals surface area contributed by atoms with Gasteiger partial charge in [-0.1, -0.05) is 23.8 Å². The molecular formula is C12H13NOS. The Balaban J connectivity index is 2.48. The summed E-state index contributed by atoms with van der Waals surface area (Å²) >= 11 is 1.55. The molecular weight excluding hydrogens is 206 g/mol. The zero-order valence-corrected chi connectivity index (χ0v) is 9.64. The number of hydrogen-bond donors (Lipinski definition) is 1. The van der Waals surface area contributed by atoms with E-state index in [0.29, 0.717) is 0 Å². The van der Waals surface area contributed by atoms with Gasteiger partial charge in [0.1, 0.15) is 5.01 Å². The molecule has 1 N–H and O–H groups in total. The predicted molar refractivity (Wildman–Crippen MR) is 62.9 cm³/mol. The van der Waals surface area contributed by atoms with E-state index in [0.717, 1.165) is 21.1 Å². The number of aliphatic hydroxyl groups is 1. The van der Waals surface area contributed by atoms with Gasteiger partial charge in [0.05, 0.1) is 12.3 Å². The largest absolute Gasteiger partial charge is 0.389 e. The molecule has 15 heavy (non-hydrogen) atoms. The van der Waals surface area contributed by atoms with E-state index in [2.05, 4.69) is 30.1 Å². The number of benzene rings is 1. The first-order valence-corrected chi connectivity index (χ1v) is 5.66. The third-order valence-electron chi connectivity index (χ3n) is 2.27. The van der Waals surface area contributed by atoms with Gasteiger partial charge in [0.15, 0.2) is 0 Å². The van der Waals surface area contributed by atoms with Gasteiger partial charge in [-0.2, -0.15) is 0 Å². The van der Waals surface area contributed by atoms with E-state index in [1.807, 2.05) is 13.0 Å². The van der Waals surface area contributed by atoms with Gasteiger partial charge in [0.2, 0.25) is 0 Å². The average molecular weight is 219 g/mol. The molecule has 0 aliphatic carbocycles. The summed E-state index contributed by atoms with van der Waals surface area (Å²) in [6.07, 6.45) is 0. The molecule has 0 fully saturated rings. The van der Waals surface area contributed by atoms with Gasteiger partial charge in [-0.3, -0.25) is 0 Å². The van der Waals surface area contributed by atoms with Gasteiger partial charge in [0.25, 0.3) is 0 Å². The second kappa shape index (κ2) is 4.13. The summed E-state index contributed by atoms with van der Waals surface area (Å²) in [6.45, 7) is 4.13. The SMILES string of the molecule is Cc1cccc(-c2nc(CO)sc2C)c1. The Bertz CT molecular complexity index is 476. The van der Waals surface area contributed by atoms with Gasteiger partial charge in [0, 0.05) is 10.4 Å². The number of rotatable bonds is 2. The first-order valence-electron chi connectivity index (χ1n) is 4.85. The fourth-order valence-electron chi connectivity index (χ4n) is 1.58. The Morgan fingerprint density at radius 2 is 2.13 bits per heavy atom. The van der Waals surface area contributed by atoms with Crippen LogP contribution in [0.15, 0.2) is 24.3 Å². The topological polar surface area (TPSA) is 33.1 Å². The van der Waals surface area contributed by atoms with Crippen molar-refractivity contribution < 1.29 is 5.11 Å². The molecule has 1 aromatic carbocycles. The van der Waals surface area contributed by atoms with Crippen LogP contribution in [0.2, 0.25) is 0 Å². The number of aliphatic hydroxyl groups excluding tert-OH is 1. The van der Waals surface area contributed by atoms with Gasteiger partial charge in [-0.15, -0.1) is 11.3 Å². The third-order valence-corrected chi connectivity index (χ3v) is 3.22. The Labute approximate surface area is 93.2 Å². The molecule has 0 aliphatic rings. The molecule has 0 saturated heterocycles. The maximum absolute atomic E-state index is 9.02. The molecule has 78 valence electrons. The molecule has 0 aliphatic heterocycles. The average Bonchev–Trinajstić information content (AvgIpc) is 2.60. The second-order valence-corrected chi connectivity index (χ2v) is 4.83. The third kappa shape index (κ3) is 2.08. The van der Waals surface area contributed by atoms with E-state index in [1.54, 1.807) is 11.3 Å². The highest BCUT2D eigenvalue weighted by atomic mass is 32.1. The van der Waals surface area contributed by atoms with Crippen molar-refractivity contribution in [1.29, 1.82) is 0 Å². The minimum atomic E-state index is 0.0251. The quantitative estimate of drug-likeness (QED) is 0.842. The van der Waals surface area contributed by atoms with Crippen molar-refractivity contribution >= 4 is 11.3 Å². The summed E-state index contributed by atoms with van der Waals surface area (Å²) in [5, 5.41) is 9.81. The molecule has 0 amide bonds. The van der Waals surface area contributed by atoms with Crippen LogP contribution < -0.4 is 0 Å². The monoisotopic (exact) mass is 219 g/mol. The molecule has 0 unspecified atom stereocenters. The highest BCUT2D eigenvalue weighted by molar-refractivity contribution is 7.12. The number of aryl methyl sites for hydroxylation is 2. The van der Waals surface area contributed by atoms with Crippen molar-refractivity contribution in [2.45, 2.75) is 20.5 Å². The Morgan fingerprint density at radius 1 is 1.33 bits per heavy atom. The summed E-state index contributed by atoms with van der Waals surface area (Å²) in [4.78, 5) is 5.57. The molecule has 2 aromatic rings. The zero-order chi connectivity index (χ0) is 10.8. The molecule has 1 heterocycles. The lowest BCUT2D eigenvalue weighted by molar-refractivity contribution is 0.281. The first-order chi connectivity index (χ1) is 7.20. The summed E-state index contributed by atoms with van der Waals surface area (Å²) in [5.41, 5.74) is 3.35. The molecule has 2 rings (SSSR count). The van der Waals surface area contributed by atoms with Crippen molar-refractivity contribution in [1.82, 2.24) is 4.98 Å². The van der Waals surface area contributed by atoms with Crippen molar-refractivity contribution in [3.05, 3.63) is 39.7 Å². The lowest BCUT2D eigenvalue weighted by atomic mass is 10.1. The van der Waals surface area contributed by atoms with E-state index in [9.17, 15) is 0 Å². The van der Waals surface area contributed by atoms with Crippen LogP contribution in [-0.2, 0) is 6.61 Å². The van der Waals surface area contributed by atoms with E-state index < -0.39 is 0 Å². The molecule has 0 atom stereocenters. The smallest absolute Gasteiger partial charge is 0.119 e. The van der Waals surface area contributed by atoms with Crippen LogP contribution in [-0.4, -0.2) is 10.1 Å². The van der Waals surface area contributed by atoms with Crippen molar-refractivity contribution in [3.63, 3.8) is 0 Å². The summed E-state index contributed by atoms with van der Waals surface area (Å²) in [5.74, 6) is 0. The molecule has 1 aromatic heterocycles. The standard InChI is InChI=1S/C12H13NOS/c1-8-4-3-5-10(6-8)12-9(2)15-11(7-14)13-12/h3-6,14H,7H2,1-2H3. The van der Waals surface area contributed by atoms with Gasteiger partial charge in [-0.25, -0.2) is 4.98 Å². The second-order valence-electron chi connectivity index (χ2n) is 3.54. The molecule has 3 heteroatoms. The lowest BCUT2D eigenvalue weighted by Gasteiger charge is -1.99. The number of aromatic nitrogens is 1. The molecule has 0 spiro atoms.